The van der Waals surface area contributed by atoms with Crippen LogP contribution in [0.15, 0.2) is 0 Å². The molecule has 1 radical (unpaired) electrons. The third-order valence-corrected chi connectivity index (χ3v) is 1.60. The molecular formula is C7H12N. The van der Waals surface area contributed by atoms with E-state index < -0.39 is 0 Å². The lowest BCUT2D eigenvalue weighted by Crippen LogP contribution is -2.20. The lowest BCUT2D eigenvalue weighted by Gasteiger charge is -2.32. The van der Waals surface area contributed by atoms with E-state index >= 15 is 0 Å². The van der Waals surface area contributed by atoms with Gasteiger partial charge in [-0.2, -0.15) is 0 Å². The summed E-state index contributed by atoms with van der Waals surface area (Å²) >= 11 is 0. The highest BCUT2D eigenvalue weighted by Gasteiger charge is 2.23. The van der Waals surface area contributed by atoms with Gasteiger partial charge in [0, 0.05) is 0 Å². The summed E-state index contributed by atoms with van der Waals surface area (Å²) < 4.78 is 0. The molecule has 0 bridgehead atoms. The zero-order chi connectivity index (χ0) is 6.04. The molecule has 0 saturated carbocycles. The van der Waals surface area contributed by atoms with E-state index in [1.54, 1.807) is 0 Å². The Morgan fingerprint density at radius 1 is 1.38 bits per heavy atom. The Balaban J connectivity index is 2.33. The molecule has 1 rings (SSSR count). The van der Waals surface area contributed by atoms with Crippen LogP contribution in [0.4, 0.5) is 0 Å². The van der Waals surface area contributed by atoms with Gasteiger partial charge in [-0.05, 0) is 19.8 Å². The van der Waals surface area contributed by atoms with E-state index in [2.05, 4.69) is 19.2 Å². The Kier molecular flexibility index (Phi) is 1.47. The van der Waals surface area contributed by atoms with Crippen molar-refractivity contribution in [1.29, 1.82) is 0 Å². The molecule has 1 heterocycles. The van der Waals surface area contributed by atoms with Gasteiger partial charge >= 0.3 is 0 Å². The van der Waals surface area contributed by atoms with E-state index in [9.17, 15) is 0 Å². The molecule has 1 nitrogen and oxygen atoms in total. The Bertz CT molecular complexity index is 68.5. The zero-order valence-corrected chi connectivity index (χ0v) is 5.19. The van der Waals surface area contributed by atoms with Crippen molar-refractivity contribution in [3.05, 3.63) is 19.2 Å². The monoisotopic (exact) mass is 110 g/mol. The molecule has 0 aromatic rings. The van der Waals surface area contributed by atoms with Crippen LogP contribution in [-0.4, -0.2) is 13.1 Å². The molecule has 0 unspecified atom stereocenters. The van der Waals surface area contributed by atoms with Gasteiger partial charge in [-0.15, -0.1) is 13.1 Å². The number of hydrogen-bond acceptors (Lipinski definition) is 0. The highest BCUT2D eigenvalue weighted by atomic mass is 14.9. The maximum atomic E-state index is 4.19. The fourth-order valence-electron chi connectivity index (χ4n) is 0.869. The molecule has 8 heavy (non-hydrogen) atoms. The van der Waals surface area contributed by atoms with Crippen LogP contribution in [-0.2, 0) is 0 Å². The molecule has 0 atom stereocenters. The normalized spacial score (nSPS) is 27.6. The summed E-state index contributed by atoms with van der Waals surface area (Å²) in [6, 6.07) is 0. The molecule has 1 heteroatoms. The highest BCUT2D eigenvalue weighted by molar-refractivity contribution is 4.98. The fourth-order valence-corrected chi connectivity index (χ4v) is 0.869. The standard InChI is InChI=1S/C7H12N/c1-7(2)3-5-8-6-4-7/h1-6H2. The summed E-state index contributed by atoms with van der Waals surface area (Å²) in [5.74, 6) is 0. The van der Waals surface area contributed by atoms with E-state index in [0.29, 0.717) is 0 Å². The lowest BCUT2D eigenvalue weighted by molar-refractivity contribution is 0.402. The molecule has 1 saturated heterocycles. The number of hydrogen-bond donors (Lipinski definition) is 0. The third-order valence-electron chi connectivity index (χ3n) is 1.60. The van der Waals surface area contributed by atoms with Crippen LogP contribution < -0.4 is 0 Å². The van der Waals surface area contributed by atoms with E-state index in [1.807, 2.05) is 0 Å². The third kappa shape index (κ3) is 1.41. The predicted octanol–water partition coefficient (Wildman–Crippen LogP) is 1.81. The van der Waals surface area contributed by atoms with Crippen molar-refractivity contribution in [3.63, 3.8) is 0 Å². The van der Waals surface area contributed by atoms with Gasteiger partial charge in [0.15, 0.2) is 0 Å². The molecule has 1 fully saturated rings. The van der Waals surface area contributed by atoms with Crippen LogP contribution in [0.3, 0.4) is 0 Å². The second-order valence-corrected chi connectivity index (χ2v) is 2.67. The highest BCUT2D eigenvalue weighted by Crippen LogP contribution is 2.28. The first-order valence-electron chi connectivity index (χ1n) is 3.05. The second kappa shape index (κ2) is 1.98. The average Bonchev–Trinajstić information content (AvgIpc) is 1.65. The molecule has 0 spiro atoms. The van der Waals surface area contributed by atoms with Gasteiger partial charge in [0.25, 0.3) is 0 Å². The number of nitrogens with zero attached hydrogens (tertiary/aromatic N) is 1. The van der Waals surface area contributed by atoms with Crippen LogP contribution in [0.2, 0.25) is 0 Å². The predicted molar refractivity (Wildman–Crippen MR) is 35.5 cm³/mol. The molecule has 0 aliphatic carbocycles. The number of piperidine rings is 1. The summed E-state index contributed by atoms with van der Waals surface area (Å²) in [4.78, 5) is 0. The van der Waals surface area contributed by atoms with E-state index in [0.717, 1.165) is 25.9 Å². The first kappa shape index (κ1) is 5.96. The van der Waals surface area contributed by atoms with E-state index in [-0.39, 0.29) is 5.41 Å². The maximum Gasteiger partial charge on any atom is 0.102 e. The van der Waals surface area contributed by atoms with Gasteiger partial charge in [-0.1, -0.05) is 0 Å². The minimum Gasteiger partial charge on any atom is -0.662 e. The minimum absolute atomic E-state index is 0.0851. The zero-order valence-electron chi connectivity index (χ0n) is 5.19. The van der Waals surface area contributed by atoms with Crippen molar-refractivity contribution in [3.8, 4) is 0 Å². The van der Waals surface area contributed by atoms with Crippen LogP contribution in [0.1, 0.15) is 12.8 Å². The fraction of sp³-hybridized carbons (Fsp3) is 0.714. The quantitative estimate of drug-likeness (QED) is 0.422. The Morgan fingerprint density at radius 3 is 2.12 bits per heavy atom. The Labute approximate surface area is 51.5 Å². The molecule has 0 aromatic carbocycles. The van der Waals surface area contributed by atoms with E-state index in [1.165, 1.54) is 0 Å². The van der Waals surface area contributed by atoms with Gasteiger partial charge in [0.2, 0.25) is 0 Å². The summed E-state index contributed by atoms with van der Waals surface area (Å²) in [7, 11) is 0. The van der Waals surface area contributed by atoms with Gasteiger partial charge in [-0.3, -0.25) is 0 Å². The van der Waals surface area contributed by atoms with Crippen molar-refractivity contribution in [2.24, 2.45) is 5.41 Å². The molecule has 0 aromatic heterocycles. The average molecular weight is 110 g/mol. The maximum absolute atomic E-state index is 4.19. The first-order chi connectivity index (χ1) is 3.71. The number of rotatable bonds is 0. The van der Waals surface area contributed by atoms with Crippen molar-refractivity contribution in [1.82, 2.24) is 0 Å². The van der Waals surface area contributed by atoms with Gasteiger partial charge < -0.3 is 5.32 Å². The van der Waals surface area contributed by atoms with E-state index in [4.69, 9.17) is 0 Å². The van der Waals surface area contributed by atoms with Crippen molar-refractivity contribution < 1.29 is 0 Å². The second-order valence-electron chi connectivity index (χ2n) is 2.67. The summed E-state index contributed by atoms with van der Waals surface area (Å²) in [6.07, 6.45) is 2.12. The summed E-state index contributed by atoms with van der Waals surface area (Å²) in [6.45, 7) is 9.85. The summed E-state index contributed by atoms with van der Waals surface area (Å²) in [5, 5.41) is 4.19. The van der Waals surface area contributed by atoms with Crippen molar-refractivity contribution in [2.45, 2.75) is 12.8 Å². The molecule has 45 valence electrons. The SMILES string of the molecule is [CH2]C1([CH2+])CC[N-]CC1. The van der Waals surface area contributed by atoms with Crippen molar-refractivity contribution >= 4 is 0 Å². The van der Waals surface area contributed by atoms with Crippen LogP contribution in [0, 0.1) is 19.3 Å². The minimum atomic E-state index is 0.0851. The first-order valence-corrected chi connectivity index (χ1v) is 3.05. The van der Waals surface area contributed by atoms with Gasteiger partial charge in [0.1, 0.15) is 5.41 Å². The topological polar surface area (TPSA) is 14.1 Å². The van der Waals surface area contributed by atoms with Crippen LogP contribution in [0.5, 0.6) is 0 Å². The van der Waals surface area contributed by atoms with Crippen LogP contribution >= 0.6 is 0 Å². The lowest BCUT2D eigenvalue weighted by atomic mass is 9.83. The molecule has 1 aliphatic heterocycles. The van der Waals surface area contributed by atoms with Gasteiger partial charge in [-0.25, -0.2) is 0 Å². The molecule has 1 aliphatic rings. The Hall–Kier alpha value is -0.170. The largest absolute Gasteiger partial charge is 0.662 e. The molecule has 0 N–H and O–H groups in total. The molecular weight excluding hydrogens is 98.1 g/mol. The van der Waals surface area contributed by atoms with Gasteiger partial charge in [0.05, 0.1) is 6.92 Å². The van der Waals surface area contributed by atoms with Crippen LogP contribution in [0.25, 0.3) is 5.32 Å². The summed E-state index contributed by atoms with van der Waals surface area (Å²) in [5.41, 5.74) is 0.0851. The smallest absolute Gasteiger partial charge is 0.102 e. The molecule has 0 amide bonds. The Morgan fingerprint density at radius 2 is 1.88 bits per heavy atom. The van der Waals surface area contributed by atoms with Crippen molar-refractivity contribution in [2.75, 3.05) is 13.1 Å².